The number of rotatable bonds is 3. The van der Waals surface area contributed by atoms with Crippen molar-refractivity contribution in [3.8, 4) is 0 Å². The summed E-state index contributed by atoms with van der Waals surface area (Å²) in [6.07, 6.45) is -0.532. The van der Waals surface area contributed by atoms with Gasteiger partial charge in [-0.1, -0.05) is 0 Å². The molecule has 1 rings (SSSR count). The van der Waals surface area contributed by atoms with Gasteiger partial charge in [0.15, 0.2) is 0 Å². The molecular formula is C8H17N3O4. The Bertz CT molecular complexity index is 195. The van der Waals surface area contributed by atoms with E-state index >= 15 is 0 Å². The summed E-state index contributed by atoms with van der Waals surface area (Å²) < 4.78 is 0. The summed E-state index contributed by atoms with van der Waals surface area (Å²) in [5, 5.41) is 22.5. The first-order valence-electron chi connectivity index (χ1n) is 4.65. The zero-order valence-electron chi connectivity index (χ0n) is 8.40. The molecule has 1 saturated heterocycles. The average Bonchev–Trinajstić information content (AvgIpc) is 2.20. The lowest BCUT2D eigenvalue weighted by molar-refractivity contribution is -0.144. The molecule has 1 atom stereocenters. The van der Waals surface area contributed by atoms with Gasteiger partial charge in [0.25, 0.3) is 0 Å². The van der Waals surface area contributed by atoms with Crippen LogP contribution in [0.1, 0.15) is 6.42 Å². The summed E-state index contributed by atoms with van der Waals surface area (Å²) in [4.78, 5) is 19.6. The predicted octanol–water partition coefficient (Wildman–Crippen LogP) is -1.95. The van der Waals surface area contributed by atoms with Crippen molar-refractivity contribution in [3.63, 3.8) is 0 Å². The Morgan fingerprint density at radius 2 is 1.53 bits per heavy atom. The van der Waals surface area contributed by atoms with Gasteiger partial charge in [0.05, 0.1) is 6.42 Å². The highest BCUT2D eigenvalue weighted by Gasteiger charge is 2.14. The highest BCUT2D eigenvalue weighted by molar-refractivity contribution is 5.80. The molecule has 0 aromatic heterocycles. The zero-order chi connectivity index (χ0) is 11.7. The van der Waals surface area contributed by atoms with E-state index in [1.165, 1.54) is 0 Å². The van der Waals surface area contributed by atoms with E-state index in [2.05, 4.69) is 10.6 Å². The minimum atomic E-state index is -1.29. The molecule has 88 valence electrons. The number of carboxylic acid groups (broad SMARTS) is 2. The first kappa shape index (κ1) is 13.8. The molecule has 0 amide bonds. The molecule has 1 aliphatic heterocycles. The molecule has 6 N–H and O–H groups in total. The van der Waals surface area contributed by atoms with E-state index in [1.807, 2.05) is 0 Å². The number of piperazine rings is 1. The third-order valence-electron chi connectivity index (χ3n) is 1.67. The summed E-state index contributed by atoms with van der Waals surface area (Å²) in [7, 11) is 0. The van der Waals surface area contributed by atoms with Crippen molar-refractivity contribution < 1.29 is 19.8 Å². The normalized spacial score (nSPS) is 17.1. The van der Waals surface area contributed by atoms with Gasteiger partial charge in [-0.2, -0.15) is 0 Å². The van der Waals surface area contributed by atoms with Gasteiger partial charge in [0.2, 0.25) is 0 Å². The Balaban J connectivity index is 0.000000280. The summed E-state index contributed by atoms with van der Waals surface area (Å²) >= 11 is 0. The Labute approximate surface area is 87.6 Å². The average molecular weight is 219 g/mol. The third kappa shape index (κ3) is 9.13. The molecule has 0 saturated carbocycles. The minimum absolute atomic E-state index is 0.532. The quantitative estimate of drug-likeness (QED) is 0.373. The molecule has 1 heterocycles. The van der Waals surface area contributed by atoms with Crippen LogP contribution >= 0.6 is 0 Å². The predicted molar refractivity (Wildman–Crippen MR) is 53.6 cm³/mol. The van der Waals surface area contributed by atoms with E-state index in [0.717, 1.165) is 26.2 Å². The van der Waals surface area contributed by atoms with Gasteiger partial charge >= 0.3 is 11.9 Å². The lowest BCUT2D eigenvalue weighted by atomic mass is 10.2. The maximum absolute atomic E-state index is 9.85. The molecular weight excluding hydrogens is 202 g/mol. The SMILES string of the molecule is C1CNCCN1.N[C@@H](CC(=O)O)C(=O)O. The van der Waals surface area contributed by atoms with Gasteiger partial charge in [-0.15, -0.1) is 0 Å². The van der Waals surface area contributed by atoms with Crippen LogP contribution in [0.5, 0.6) is 0 Å². The van der Waals surface area contributed by atoms with Crippen molar-refractivity contribution >= 4 is 11.9 Å². The molecule has 15 heavy (non-hydrogen) atoms. The van der Waals surface area contributed by atoms with Crippen LogP contribution in [-0.2, 0) is 9.59 Å². The number of hydrogen-bond donors (Lipinski definition) is 5. The molecule has 0 unspecified atom stereocenters. The number of nitrogens with one attached hydrogen (secondary N) is 2. The van der Waals surface area contributed by atoms with Crippen LogP contribution in [0.2, 0.25) is 0 Å². The van der Waals surface area contributed by atoms with Crippen molar-refractivity contribution in [2.24, 2.45) is 5.73 Å². The highest BCUT2D eigenvalue weighted by Crippen LogP contribution is 1.86. The first-order valence-corrected chi connectivity index (χ1v) is 4.65. The third-order valence-corrected chi connectivity index (χ3v) is 1.67. The number of hydrogen-bond acceptors (Lipinski definition) is 5. The van der Waals surface area contributed by atoms with Crippen LogP contribution in [0.25, 0.3) is 0 Å². The van der Waals surface area contributed by atoms with E-state index in [-0.39, 0.29) is 0 Å². The summed E-state index contributed by atoms with van der Waals surface area (Å²) in [6.45, 7) is 4.56. The van der Waals surface area contributed by atoms with E-state index in [9.17, 15) is 9.59 Å². The minimum Gasteiger partial charge on any atom is -0.481 e. The standard InChI is InChI=1S/C4H10N2.C4H7NO4/c1-2-6-4-3-5-1;5-2(4(8)9)1-3(6)7/h5-6H,1-4H2;2H,1,5H2,(H,6,7)(H,8,9)/t;2-/m.0/s1. The Hall–Kier alpha value is -1.18. The van der Waals surface area contributed by atoms with Crippen molar-refractivity contribution in [1.82, 2.24) is 10.6 Å². The van der Waals surface area contributed by atoms with E-state index < -0.39 is 24.4 Å². The van der Waals surface area contributed by atoms with Gasteiger partial charge in [-0.3, -0.25) is 9.59 Å². The number of nitrogens with two attached hydrogens (primary N) is 1. The molecule has 7 heteroatoms. The lowest BCUT2D eigenvalue weighted by Gasteiger charge is -2.11. The van der Waals surface area contributed by atoms with E-state index in [0.29, 0.717) is 0 Å². The second-order valence-electron chi connectivity index (χ2n) is 3.04. The van der Waals surface area contributed by atoms with Crippen LogP contribution in [0.3, 0.4) is 0 Å². The largest absolute Gasteiger partial charge is 0.481 e. The molecule has 7 nitrogen and oxygen atoms in total. The van der Waals surface area contributed by atoms with Gasteiger partial charge < -0.3 is 26.6 Å². The topological polar surface area (TPSA) is 125 Å². The maximum atomic E-state index is 9.85. The van der Waals surface area contributed by atoms with Crippen molar-refractivity contribution in [3.05, 3.63) is 0 Å². The Morgan fingerprint density at radius 3 is 1.67 bits per heavy atom. The van der Waals surface area contributed by atoms with Crippen LogP contribution < -0.4 is 16.4 Å². The monoisotopic (exact) mass is 219 g/mol. The number of carboxylic acids is 2. The van der Waals surface area contributed by atoms with Gasteiger partial charge in [0.1, 0.15) is 6.04 Å². The first-order chi connectivity index (χ1) is 7.04. The fourth-order valence-electron chi connectivity index (χ4n) is 0.879. The molecule has 0 spiro atoms. The fraction of sp³-hybridized carbons (Fsp3) is 0.750. The zero-order valence-corrected chi connectivity index (χ0v) is 8.40. The Kier molecular flexibility index (Phi) is 7.51. The van der Waals surface area contributed by atoms with Crippen molar-refractivity contribution in [2.45, 2.75) is 12.5 Å². The summed E-state index contributed by atoms with van der Waals surface area (Å²) in [5.41, 5.74) is 4.84. The molecule has 1 aliphatic rings. The van der Waals surface area contributed by atoms with Gasteiger partial charge in [-0.05, 0) is 0 Å². The van der Waals surface area contributed by atoms with Crippen LogP contribution in [0.15, 0.2) is 0 Å². The van der Waals surface area contributed by atoms with Crippen molar-refractivity contribution in [2.75, 3.05) is 26.2 Å². The summed E-state index contributed by atoms with van der Waals surface area (Å²) in [5.74, 6) is -2.50. The van der Waals surface area contributed by atoms with Gasteiger partial charge in [-0.25, -0.2) is 0 Å². The van der Waals surface area contributed by atoms with E-state index in [1.54, 1.807) is 0 Å². The Morgan fingerprint density at radius 1 is 1.13 bits per heavy atom. The maximum Gasteiger partial charge on any atom is 0.321 e. The molecule has 0 radical (unpaired) electrons. The van der Waals surface area contributed by atoms with Crippen molar-refractivity contribution in [1.29, 1.82) is 0 Å². The number of carbonyl (C=O) groups is 2. The molecule has 1 fully saturated rings. The summed E-state index contributed by atoms with van der Waals surface area (Å²) in [6, 6.07) is -1.29. The van der Waals surface area contributed by atoms with E-state index in [4.69, 9.17) is 15.9 Å². The number of aliphatic carboxylic acids is 2. The second-order valence-corrected chi connectivity index (χ2v) is 3.04. The van der Waals surface area contributed by atoms with Crippen LogP contribution in [0, 0.1) is 0 Å². The van der Waals surface area contributed by atoms with Crippen LogP contribution in [-0.4, -0.2) is 54.4 Å². The smallest absolute Gasteiger partial charge is 0.321 e. The molecule has 0 aliphatic carbocycles. The molecule has 0 aromatic carbocycles. The molecule has 0 aromatic rings. The lowest BCUT2D eigenvalue weighted by Crippen LogP contribution is -2.39. The fourth-order valence-corrected chi connectivity index (χ4v) is 0.879. The van der Waals surface area contributed by atoms with Crippen LogP contribution in [0.4, 0.5) is 0 Å². The van der Waals surface area contributed by atoms with Gasteiger partial charge in [0, 0.05) is 26.2 Å². The highest BCUT2D eigenvalue weighted by atomic mass is 16.4. The second kappa shape index (κ2) is 8.16. The molecule has 0 bridgehead atoms.